The summed E-state index contributed by atoms with van der Waals surface area (Å²) in [6, 6.07) is 0. The molecule has 0 aliphatic rings. The molecule has 61 heavy (non-hydrogen) atoms. The van der Waals surface area contributed by atoms with Gasteiger partial charge in [-0.15, -0.1) is 0 Å². The molecule has 0 saturated heterocycles. The highest BCUT2D eigenvalue weighted by molar-refractivity contribution is 7.46. The third kappa shape index (κ3) is 32.5. The van der Waals surface area contributed by atoms with Gasteiger partial charge < -0.3 is 29.0 Å². The quantitative estimate of drug-likeness (QED) is 0.0344. The fourth-order valence-electron chi connectivity index (χ4n) is 9.83. The van der Waals surface area contributed by atoms with E-state index in [-0.39, 0.29) is 18.6 Å². The summed E-state index contributed by atoms with van der Waals surface area (Å²) in [4.78, 5) is 35.1. The lowest BCUT2D eigenvalue weighted by Crippen LogP contribution is -2.20. The van der Waals surface area contributed by atoms with Crippen molar-refractivity contribution in [2.24, 2.45) is 21.7 Å². The predicted molar refractivity (Wildman–Crippen MR) is 258 cm³/mol. The summed E-state index contributed by atoms with van der Waals surface area (Å²) in [5, 5.41) is 0. The van der Waals surface area contributed by atoms with Gasteiger partial charge in [0.2, 0.25) is 0 Å². The first-order valence-corrected chi connectivity index (χ1v) is 28.6. The maximum Gasteiger partial charge on any atom is 0.469 e. The van der Waals surface area contributed by atoms with E-state index in [1.54, 1.807) is 0 Å². The summed E-state index contributed by atoms with van der Waals surface area (Å²) in [5.74, 6) is 0. The lowest BCUT2D eigenvalue weighted by molar-refractivity contribution is 0.112. The Hall–Kier alpha value is 0.140. The highest BCUT2D eigenvalue weighted by Crippen LogP contribution is 2.42. The van der Waals surface area contributed by atoms with Gasteiger partial charge in [0, 0.05) is 26.4 Å². The van der Waals surface area contributed by atoms with Crippen molar-refractivity contribution in [2.45, 2.75) is 255 Å². The van der Waals surface area contributed by atoms with E-state index < -0.39 is 15.6 Å². The SMILES string of the molecule is CCCC(CC)(CC)CCCCOCCCCC(CC)(CC)CCCCOP(=O)(O)O.CCCC(CC)(CC)CCCCOCCCCC(CC)(CC)CCCOP(=O)(O)O. The topological polar surface area (TPSA) is 152 Å². The fourth-order valence-corrected chi connectivity index (χ4v) is 10.6. The molecule has 0 aliphatic heterocycles. The largest absolute Gasteiger partial charge is 0.469 e. The molecule has 0 fully saturated rings. The van der Waals surface area contributed by atoms with Crippen LogP contribution in [0, 0.1) is 21.7 Å². The minimum Gasteiger partial charge on any atom is -0.381 e. The monoisotopic (exact) mass is 915 g/mol. The van der Waals surface area contributed by atoms with E-state index in [2.05, 4.69) is 78.3 Å². The zero-order chi connectivity index (χ0) is 46.6. The lowest BCUT2D eigenvalue weighted by Gasteiger charge is -2.32. The van der Waals surface area contributed by atoms with Crippen LogP contribution in [0.5, 0.6) is 0 Å². The number of hydrogen-bond donors (Lipinski definition) is 4. The number of unbranched alkanes of at least 4 members (excludes halogenated alkanes) is 5. The fraction of sp³-hybridized carbons (Fsp3) is 1.00. The summed E-state index contributed by atoms with van der Waals surface area (Å²) in [6.45, 7) is 26.7. The molecule has 0 saturated carbocycles. The van der Waals surface area contributed by atoms with Crippen LogP contribution in [-0.2, 0) is 27.7 Å². The zero-order valence-electron chi connectivity index (χ0n) is 41.9. The Morgan fingerprint density at radius 3 is 0.754 bits per heavy atom. The van der Waals surface area contributed by atoms with Crippen LogP contribution in [0.3, 0.4) is 0 Å². The average Bonchev–Trinajstić information content (AvgIpc) is 3.24. The molecule has 0 bridgehead atoms. The molecule has 0 atom stereocenters. The average molecular weight is 915 g/mol. The van der Waals surface area contributed by atoms with Crippen LogP contribution in [0.25, 0.3) is 0 Å². The van der Waals surface area contributed by atoms with E-state index in [0.29, 0.717) is 29.1 Å². The van der Waals surface area contributed by atoms with E-state index in [4.69, 9.17) is 29.0 Å². The smallest absolute Gasteiger partial charge is 0.381 e. The second-order valence-corrected chi connectivity index (χ2v) is 21.1. The second-order valence-electron chi connectivity index (χ2n) is 18.6. The van der Waals surface area contributed by atoms with E-state index in [1.807, 2.05) is 0 Å². The summed E-state index contributed by atoms with van der Waals surface area (Å²) in [6.07, 6.45) is 33.8. The third-order valence-electron chi connectivity index (χ3n) is 15.0. The van der Waals surface area contributed by atoms with Crippen molar-refractivity contribution in [3.8, 4) is 0 Å². The van der Waals surface area contributed by atoms with Crippen molar-refractivity contribution >= 4 is 15.6 Å². The van der Waals surface area contributed by atoms with Gasteiger partial charge >= 0.3 is 15.6 Å². The van der Waals surface area contributed by atoms with Crippen molar-refractivity contribution < 1.29 is 47.2 Å². The Kier molecular flexibility index (Phi) is 38.6. The molecule has 0 aliphatic carbocycles. The third-order valence-corrected chi connectivity index (χ3v) is 16.1. The summed E-state index contributed by atoms with van der Waals surface area (Å²) >= 11 is 0. The van der Waals surface area contributed by atoms with Gasteiger partial charge in [0.15, 0.2) is 0 Å². The van der Waals surface area contributed by atoms with Gasteiger partial charge in [0.05, 0.1) is 13.2 Å². The molecular formula is C49H104O10P2. The van der Waals surface area contributed by atoms with Gasteiger partial charge in [-0.05, 0) is 112 Å². The minimum atomic E-state index is -4.34. The molecule has 0 heterocycles. The van der Waals surface area contributed by atoms with Crippen LogP contribution < -0.4 is 0 Å². The number of phosphoric acid groups is 2. The normalized spacial score (nSPS) is 13.1. The molecule has 0 rings (SSSR count). The standard InChI is InChI=1S/C25H53O5P.C24H51O5P/c1-6-17-24(7-2,8-3)18-11-14-21-29-22-15-12-19-25(9-4,10-5)20-13-16-23-30-31(26,27)28;1-6-16-23(7-2,8-3)17-11-13-20-28-21-14-12-18-24(9-4,10-5)19-15-22-29-30(25,26)27/h6-23H2,1-5H3,(H2,26,27,28);6-22H2,1-5H3,(H2,25,26,27). The molecule has 0 aromatic rings. The van der Waals surface area contributed by atoms with Crippen LogP contribution in [0.4, 0.5) is 0 Å². The molecule has 0 radical (unpaired) electrons. The number of hydrogen-bond acceptors (Lipinski definition) is 6. The van der Waals surface area contributed by atoms with Crippen LogP contribution >= 0.6 is 15.6 Å². The maximum atomic E-state index is 10.8. The Morgan fingerprint density at radius 1 is 0.311 bits per heavy atom. The van der Waals surface area contributed by atoms with Gasteiger partial charge in [-0.1, -0.05) is 166 Å². The lowest BCUT2D eigenvalue weighted by atomic mass is 9.74. The van der Waals surface area contributed by atoms with Gasteiger partial charge in [-0.3, -0.25) is 9.05 Å². The molecule has 4 N–H and O–H groups in total. The van der Waals surface area contributed by atoms with Gasteiger partial charge in [0.1, 0.15) is 0 Å². The maximum absolute atomic E-state index is 10.8. The van der Waals surface area contributed by atoms with E-state index >= 15 is 0 Å². The first-order chi connectivity index (χ1) is 28.9. The minimum absolute atomic E-state index is 0.130. The van der Waals surface area contributed by atoms with Gasteiger partial charge in [-0.25, -0.2) is 9.13 Å². The molecule has 0 spiro atoms. The predicted octanol–water partition coefficient (Wildman–Crippen LogP) is 15.7. The molecule has 0 unspecified atom stereocenters. The van der Waals surface area contributed by atoms with Crippen LogP contribution in [0.15, 0.2) is 0 Å². The Morgan fingerprint density at radius 2 is 0.525 bits per heavy atom. The summed E-state index contributed by atoms with van der Waals surface area (Å²) in [5.41, 5.74) is 1.70. The molecule has 12 heteroatoms. The van der Waals surface area contributed by atoms with Gasteiger partial charge in [-0.2, -0.15) is 0 Å². The number of phosphoric ester groups is 2. The first-order valence-electron chi connectivity index (χ1n) is 25.5. The van der Waals surface area contributed by atoms with E-state index in [9.17, 15) is 9.13 Å². The highest BCUT2D eigenvalue weighted by Gasteiger charge is 2.28. The van der Waals surface area contributed by atoms with Gasteiger partial charge in [0.25, 0.3) is 0 Å². The van der Waals surface area contributed by atoms with E-state index in [1.165, 1.54) is 103 Å². The van der Waals surface area contributed by atoms with Crippen LogP contribution in [0.1, 0.15) is 255 Å². The Balaban J connectivity index is 0. The molecule has 370 valence electrons. The molecule has 0 aromatic carbocycles. The number of ether oxygens (including phenoxy) is 2. The highest BCUT2D eigenvalue weighted by atomic mass is 31.2. The molecule has 0 aromatic heterocycles. The van der Waals surface area contributed by atoms with Crippen LogP contribution in [-0.4, -0.2) is 59.2 Å². The van der Waals surface area contributed by atoms with Crippen molar-refractivity contribution in [1.82, 2.24) is 0 Å². The summed E-state index contributed by atoms with van der Waals surface area (Å²) in [7, 11) is -8.67. The molecule has 0 amide bonds. The Bertz CT molecular complexity index is 1060. The van der Waals surface area contributed by atoms with Crippen molar-refractivity contribution in [1.29, 1.82) is 0 Å². The van der Waals surface area contributed by atoms with Crippen molar-refractivity contribution in [3.63, 3.8) is 0 Å². The van der Waals surface area contributed by atoms with Crippen molar-refractivity contribution in [2.75, 3.05) is 39.6 Å². The van der Waals surface area contributed by atoms with Crippen LogP contribution in [0.2, 0.25) is 0 Å². The Labute approximate surface area is 378 Å². The molecule has 10 nitrogen and oxygen atoms in total. The van der Waals surface area contributed by atoms with E-state index in [0.717, 1.165) is 97.1 Å². The molecular weight excluding hydrogens is 810 g/mol. The summed E-state index contributed by atoms with van der Waals surface area (Å²) < 4.78 is 42.5. The van der Waals surface area contributed by atoms with Crippen molar-refractivity contribution in [3.05, 3.63) is 0 Å². The zero-order valence-corrected chi connectivity index (χ0v) is 43.7. The number of rotatable bonds is 43. The first kappa shape index (κ1) is 63.2. The second kappa shape index (κ2) is 37.3.